The number of rotatable bonds is 5. The molecule has 0 aromatic carbocycles. The number of carbonyl (C=O) groups is 2. The molecule has 0 unspecified atom stereocenters. The van der Waals surface area contributed by atoms with Gasteiger partial charge in [-0.15, -0.1) is 0 Å². The average molecular weight is 475 g/mol. The van der Waals surface area contributed by atoms with Crippen molar-refractivity contribution in [1.29, 1.82) is 0 Å². The third kappa shape index (κ3) is 3.94. The van der Waals surface area contributed by atoms with Gasteiger partial charge in [0.15, 0.2) is 0 Å². The van der Waals surface area contributed by atoms with E-state index in [1.54, 1.807) is 17.2 Å². The molecule has 1 aliphatic heterocycles. The van der Waals surface area contributed by atoms with Crippen LogP contribution in [0.4, 0.5) is 10.2 Å². The van der Waals surface area contributed by atoms with Crippen molar-refractivity contribution in [1.82, 2.24) is 29.0 Å². The van der Waals surface area contributed by atoms with Gasteiger partial charge in [-0.3, -0.25) is 19.4 Å². The van der Waals surface area contributed by atoms with Gasteiger partial charge in [-0.25, -0.2) is 9.37 Å². The zero-order valence-corrected chi connectivity index (χ0v) is 19.3. The normalized spacial score (nSPS) is 13.1. The van der Waals surface area contributed by atoms with Gasteiger partial charge in [0.05, 0.1) is 24.0 Å². The van der Waals surface area contributed by atoms with Gasteiger partial charge in [-0.2, -0.15) is 9.61 Å². The van der Waals surface area contributed by atoms with Crippen LogP contribution in [0.15, 0.2) is 47.5 Å². The number of carbonyl (C=O) groups excluding carboxylic acids is 2. The molecule has 0 radical (unpaired) electrons. The number of aryl methyl sites for hydroxylation is 1. The Balaban J connectivity index is 1.63. The first-order chi connectivity index (χ1) is 16.7. The summed E-state index contributed by atoms with van der Waals surface area (Å²) in [5.41, 5.74) is 2.34. The summed E-state index contributed by atoms with van der Waals surface area (Å²) in [6, 6.07) is 7.71. The van der Waals surface area contributed by atoms with Gasteiger partial charge in [0.25, 0.3) is 11.5 Å². The number of fused-ring (bicyclic) bond motifs is 2. The maximum absolute atomic E-state index is 13.3. The first-order valence-electron chi connectivity index (χ1n) is 11.0. The second-order valence-electron chi connectivity index (χ2n) is 8.64. The van der Waals surface area contributed by atoms with E-state index >= 15 is 0 Å². The fourth-order valence-electron chi connectivity index (χ4n) is 4.10. The molecule has 0 fully saturated rings. The minimum atomic E-state index is -0.528. The predicted molar refractivity (Wildman–Crippen MR) is 125 cm³/mol. The molecule has 0 saturated heterocycles. The highest BCUT2D eigenvalue weighted by molar-refractivity contribution is 5.98. The van der Waals surface area contributed by atoms with Crippen molar-refractivity contribution in [2.75, 3.05) is 5.32 Å². The summed E-state index contributed by atoms with van der Waals surface area (Å²) in [6.07, 6.45) is 2.64. The Hall–Kier alpha value is -4.41. The summed E-state index contributed by atoms with van der Waals surface area (Å²) in [5, 5.41) is 7.08. The quantitative estimate of drug-likeness (QED) is 0.474. The molecular formula is C24H22FN7O3. The standard InChI is InChI=1S/C24H22FN7O3/c1-13(2)30-11-17-22(24(30)35)31(12-20(33)28-19-7-6-16(25)10-27-19)21-8-18(29-32(21)23(17)34)15-5-4-14(3)26-9-15/h4-10,13H,11-12H2,1-3H3,(H,27,28,33). The summed E-state index contributed by atoms with van der Waals surface area (Å²) in [4.78, 5) is 49.3. The van der Waals surface area contributed by atoms with Crippen LogP contribution in [0.25, 0.3) is 16.9 Å². The zero-order chi connectivity index (χ0) is 24.9. The lowest BCUT2D eigenvalue weighted by atomic mass is 10.2. The van der Waals surface area contributed by atoms with E-state index in [9.17, 15) is 18.8 Å². The fourth-order valence-corrected chi connectivity index (χ4v) is 4.10. The topological polar surface area (TPSA) is 114 Å². The van der Waals surface area contributed by atoms with E-state index in [1.807, 2.05) is 32.9 Å². The van der Waals surface area contributed by atoms with Gasteiger partial charge in [0.2, 0.25) is 5.91 Å². The smallest absolute Gasteiger partial charge is 0.280 e. The van der Waals surface area contributed by atoms with Crippen molar-refractivity contribution < 1.29 is 14.0 Å². The first kappa shape index (κ1) is 22.4. The van der Waals surface area contributed by atoms with Gasteiger partial charge < -0.3 is 14.8 Å². The van der Waals surface area contributed by atoms with Crippen LogP contribution >= 0.6 is 0 Å². The third-order valence-corrected chi connectivity index (χ3v) is 5.89. The molecule has 0 saturated carbocycles. The molecule has 35 heavy (non-hydrogen) atoms. The molecule has 0 spiro atoms. The molecule has 5 rings (SSSR count). The molecular weight excluding hydrogens is 453 g/mol. The van der Waals surface area contributed by atoms with E-state index in [1.165, 1.54) is 21.2 Å². The Morgan fingerprint density at radius 2 is 1.94 bits per heavy atom. The monoisotopic (exact) mass is 475 g/mol. The van der Waals surface area contributed by atoms with Crippen molar-refractivity contribution in [3.63, 3.8) is 0 Å². The molecule has 5 heterocycles. The Kier molecular flexibility index (Phi) is 5.39. The van der Waals surface area contributed by atoms with Crippen LogP contribution < -0.4 is 10.9 Å². The molecule has 11 heteroatoms. The maximum Gasteiger partial charge on any atom is 0.280 e. The molecule has 10 nitrogen and oxygen atoms in total. The second-order valence-corrected chi connectivity index (χ2v) is 8.64. The Bertz CT molecular complexity index is 1520. The predicted octanol–water partition coefficient (Wildman–Crippen LogP) is 2.40. The highest BCUT2D eigenvalue weighted by Gasteiger charge is 2.36. The number of nitrogens with one attached hydrogen (secondary N) is 1. The van der Waals surface area contributed by atoms with E-state index < -0.39 is 17.3 Å². The molecule has 4 aromatic rings. The number of pyridine rings is 2. The second kappa shape index (κ2) is 8.42. The first-order valence-corrected chi connectivity index (χ1v) is 11.0. The lowest BCUT2D eigenvalue weighted by molar-refractivity contribution is -0.116. The number of aromatic nitrogens is 5. The molecule has 0 aliphatic carbocycles. The van der Waals surface area contributed by atoms with Crippen LogP contribution in [0.3, 0.4) is 0 Å². The molecule has 178 valence electrons. The summed E-state index contributed by atoms with van der Waals surface area (Å²) >= 11 is 0. The minimum Gasteiger partial charge on any atom is -0.330 e. The van der Waals surface area contributed by atoms with E-state index in [4.69, 9.17) is 0 Å². The van der Waals surface area contributed by atoms with E-state index in [-0.39, 0.29) is 42.1 Å². The number of nitrogens with zero attached hydrogens (tertiary/aromatic N) is 6. The van der Waals surface area contributed by atoms with Crippen LogP contribution in [0, 0.1) is 12.7 Å². The fraction of sp³-hybridized carbons (Fsp3) is 0.250. The lowest BCUT2D eigenvalue weighted by Gasteiger charge is -2.20. The van der Waals surface area contributed by atoms with Crippen molar-refractivity contribution in [3.05, 3.63) is 75.8 Å². The molecule has 1 N–H and O–H groups in total. The Labute approximate surface area is 199 Å². The summed E-state index contributed by atoms with van der Waals surface area (Å²) in [6.45, 7) is 5.43. The van der Waals surface area contributed by atoms with Crippen LogP contribution in [0.2, 0.25) is 0 Å². The minimum absolute atomic E-state index is 0.128. The summed E-state index contributed by atoms with van der Waals surface area (Å²) < 4.78 is 15.9. The van der Waals surface area contributed by atoms with Crippen LogP contribution in [0.5, 0.6) is 0 Å². The van der Waals surface area contributed by atoms with E-state index in [0.29, 0.717) is 16.9 Å². The number of hydrogen-bond acceptors (Lipinski definition) is 6. The highest BCUT2D eigenvalue weighted by Crippen LogP contribution is 2.26. The number of halogens is 1. The Morgan fingerprint density at radius 1 is 1.14 bits per heavy atom. The van der Waals surface area contributed by atoms with Gasteiger partial charge in [0.1, 0.15) is 29.5 Å². The molecule has 1 aliphatic rings. The number of amides is 2. The number of anilines is 1. The van der Waals surface area contributed by atoms with Gasteiger partial charge >= 0.3 is 0 Å². The summed E-state index contributed by atoms with van der Waals surface area (Å²) in [7, 11) is 0. The maximum atomic E-state index is 13.3. The highest BCUT2D eigenvalue weighted by atomic mass is 19.1. The number of hydrogen-bond donors (Lipinski definition) is 1. The summed E-state index contributed by atoms with van der Waals surface area (Å²) in [5.74, 6) is -1.19. The molecule has 0 bridgehead atoms. The van der Waals surface area contributed by atoms with Gasteiger partial charge in [-0.05, 0) is 45.0 Å². The Morgan fingerprint density at radius 3 is 2.60 bits per heavy atom. The van der Waals surface area contributed by atoms with Crippen LogP contribution in [0.1, 0.15) is 35.6 Å². The largest absolute Gasteiger partial charge is 0.330 e. The van der Waals surface area contributed by atoms with Crippen molar-refractivity contribution in [3.8, 4) is 11.3 Å². The third-order valence-electron chi connectivity index (χ3n) is 5.89. The zero-order valence-electron chi connectivity index (χ0n) is 19.3. The van der Waals surface area contributed by atoms with Crippen molar-refractivity contribution >= 4 is 23.3 Å². The van der Waals surface area contributed by atoms with Crippen LogP contribution in [-0.2, 0) is 17.9 Å². The van der Waals surface area contributed by atoms with E-state index in [2.05, 4.69) is 20.4 Å². The average Bonchev–Trinajstić information content (AvgIpc) is 3.41. The SMILES string of the molecule is Cc1ccc(-c2cc3n(CC(=O)Nc4ccc(F)cn4)c4c(c(=O)n3n2)CN(C(C)C)C4=O)cn1. The lowest BCUT2D eigenvalue weighted by Crippen LogP contribution is -2.32. The van der Waals surface area contributed by atoms with Crippen molar-refractivity contribution in [2.24, 2.45) is 0 Å². The van der Waals surface area contributed by atoms with E-state index in [0.717, 1.165) is 11.9 Å². The molecule has 2 amide bonds. The van der Waals surface area contributed by atoms with Gasteiger partial charge in [0, 0.05) is 29.6 Å². The van der Waals surface area contributed by atoms with Crippen molar-refractivity contribution in [2.45, 2.75) is 39.9 Å². The molecule has 4 aromatic heterocycles. The van der Waals surface area contributed by atoms with Crippen LogP contribution in [-0.4, -0.2) is 46.9 Å². The molecule has 0 atom stereocenters. The van der Waals surface area contributed by atoms with Gasteiger partial charge in [-0.1, -0.05) is 0 Å².